The van der Waals surface area contributed by atoms with E-state index >= 15 is 0 Å². The highest BCUT2D eigenvalue weighted by Gasteiger charge is 1.99. The third kappa shape index (κ3) is 2.23. The van der Waals surface area contributed by atoms with E-state index in [-0.39, 0.29) is 6.23 Å². The molecule has 1 rings (SSSR count). The van der Waals surface area contributed by atoms with Crippen LogP contribution < -0.4 is 10.5 Å². The summed E-state index contributed by atoms with van der Waals surface area (Å²) in [6, 6.07) is 0. The van der Waals surface area contributed by atoms with Crippen molar-refractivity contribution >= 4 is 0 Å². The van der Waals surface area contributed by atoms with Crippen LogP contribution >= 0.6 is 0 Å². The first-order valence-electron chi connectivity index (χ1n) is 3.67. The van der Waals surface area contributed by atoms with Crippen LogP contribution in [0.25, 0.3) is 0 Å². The van der Waals surface area contributed by atoms with Crippen molar-refractivity contribution in [2.75, 3.05) is 0 Å². The predicted octanol–water partition coefficient (Wildman–Crippen LogP) is 0.587. The molecule has 11 heavy (non-hydrogen) atoms. The molecule has 0 spiro atoms. The molecule has 4 heteroatoms. The van der Waals surface area contributed by atoms with Crippen molar-refractivity contribution in [3.05, 3.63) is 12.4 Å². The van der Waals surface area contributed by atoms with Crippen molar-refractivity contribution in [3.63, 3.8) is 0 Å². The fraction of sp³-hybridized carbons (Fsp3) is 0.571. The van der Waals surface area contributed by atoms with Crippen molar-refractivity contribution in [1.82, 2.24) is 9.78 Å². The second kappa shape index (κ2) is 3.39. The number of aryl methyl sites for hydroxylation is 1. The molecule has 62 valence electrons. The Morgan fingerprint density at radius 3 is 3.00 bits per heavy atom. The first-order valence-corrected chi connectivity index (χ1v) is 3.67. The molecule has 1 aromatic heterocycles. The summed E-state index contributed by atoms with van der Waals surface area (Å²) >= 11 is 0. The monoisotopic (exact) mass is 155 g/mol. The van der Waals surface area contributed by atoms with Gasteiger partial charge in [0.2, 0.25) is 0 Å². The summed E-state index contributed by atoms with van der Waals surface area (Å²) in [6.07, 6.45) is 3.21. The minimum atomic E-state index is -0.274. The first-order chi connectivity index (χ1) is 5.22. The van der Waals surface area contributed by atoms with Gasteiger partial charge in [0.15, 0.2) is 5.75 Å². The van der Waals surface area contributed by atoms with E-state index in [1.54, 1.807) is 17.8 Å². The van der Waals surface area contributed by atoms with Gasteiger partial charge >= 0.3 is 0 Å². The molecular weight excluding hydrogens is 142 g/mol. The molecule has 0 radical (unpaired) electrons. The van der Waals surface area contributed by atoms with Crippen LogP contribution in [-0.4, -0.2) is 16.0 Å². The number of hydrogen-bond acceptors (Lipinski definition) is 3. The maximum atomic E-state index is 5.42. The van der Waals surface area contributed by atoms with E-state index in [1.165, 1.54) is 0 Å². The normalized spacial score (nSPS) is 13.0. The van der Waals surface area contributed by atoms with Crippen LogP contribution in [0.5, 0.6) is 5.75 Å². The zero-order valence-electron chi connectivity index (χ0n) is 6.82. The molecule has 0 saturated carbocycles. The van der Waals surface area contributed by atoms with Crippen molar-refractivity contribution in [3.8, 4) is 5.75 Å². The van der Waals surface area contributed by atoms with Gasteiger partial charge in [-0.3, -0.25) is 10.4 Å². The molecule has 0 fully saturated rings. The third-order valence-electron chi connectivity index (χ3n) is 1.26. The molecule has 2 N–H and O–H groups in total. The van der Waals surface area contributed by atoms with Crippen LogP contribution in [0.1, 0.15) is 13.8 Å². The standard InChI is InChI=1S/C7H13N3O/c1-3-10-5-7(4-9-10)11-6(2)8/h4-6H,3,8H2,1-2H3. The number of nitrogens with zero attached hydrogens (tertiary/aromatic N) is 2. The second-order valence-corrected chi connectivity index (χ2v) is 2.35. The molecule has 0 amide bonds. The van der Waals surface area contributed by atoms with Gasteiger partial charge in [-0.2, -0.15) is 5.10 Å². The largest absolute Gasteiger partial charge is 0.473 e. The summed E-state index contributed by atoms with van der Waals surface area (Å²) in [6.45, 7) is 4.65. The molecule has 1 heterocycles. The Morgan fingerprint density at radius 2 is 2.55 bits per heavy atom. The molecule has 4 nitrogen and oxygen atoms in total. The highest BCUT2D eigenvalue weighted by Crippen LogP contribution is 2.08. The quantitative estimate of drug-likeness (QED) is 0.650. The van der Waals surface area contributed by atoms with E-state index < -0.39 is 0 Å². The summed E-state index contributed by atoms with van der Waals surface area (Å²) in [5.41, 5.74) is 5.42. The minimum absolute atomic E-state index is 0.274. The fourth-order valence-corrected chi connectivity index (χ4v) is 0.793. The molecule has 0 aromatic carbocycles. The third-order valence-corrected chi connectivity index (χ3v) is 1.26. The van der Waals surface area contributed by atoms with E-state index in [4.69, 9.17) is 10.5 Å². The van der Waals surface area contributed by atoms with E-state index in [0.29, 0.717) is 0 Å². The summed E-state index contributed by atoms with van der Waals surface area (Å²) in [7, 11) is 0. The zero-order chi connectivity index (χ0) is 8.27. The van der Waals surface area contributed by atoms with E-state index in [0.717, 1.165) is 12.3 Å². The number of rotatable bonds is 3. The van der Waals surface area contributed by atoms with Gasteiger partial charge in [-0.15, -0.1) is 0 Å². The van der Waals surface area contributed by atoms with Gasteiger partial charge in [-0.25, -0.2) is 0 Å². The summed E-state index contributed by atoms with van der Waals surface area (Å²) in [4.78, 5) is 0. The Hall–Kier alpha value is -1.03. The van der Waals surface area contributed by atoms with E-state index in [2.05, 4.69) is 5.10 Å². The van der Waals surface area contributed by atoms with Crippen molar-refractivity contribution < 1.29 is 4.74 Å². The van der Waals surface area contributed by atoms with Gasteiger partial charge in [-0.1, -0.05) is 0 Å². The number of ether oxygens (including phenoxy) is 1. The highest BCUT2D eigenvalue weighted by molar-refractivity contribution is 5.11. The van der Waals surface area contributed by atoms with Gasteiger partial charge in [0.05, 0.1) is 12.4 Å². The number of aromatic nitrogens is 2. The molecule has 0 saturated heterocycles. The van der Waals surface area contributed by atoms with Gasteiger partial charge in [-0.05, 0) is 13.8 Å². The van der Waals surface area contributed by atoms with Gasteiger partial charge in [0.25, 0.3) is 0 Å². The zero-order valence-corrected chi connectivity index (χ0v) is 6.82. The minimum Gasteiger partial charge on any atom is -0.473 e. The van der Waals surface area contributed by atoms with Gasteiger partial charge in [0, 0.05) is 6.54 Å². The summed E-state index contributed by atoms with van der Waals surface area (Å²) in [5.74, 6) is 0.724. The van der Waals surface area contributed by atoms with Crippen LogP contribution in [0.2, 0.25) is 0 Å². The van der Waals surface area contributed by atoms with E-state index in [1.807, 2.05) is 13.1 Å². The SMILES string of the molecule is CCn1cc(OC(C)N)cn1. The van der Waals surface area contributed by atoms with Crippen LogP contribution in [0.15, 0.2) is 12.4 Å². The highest BCUT2D eigenvalue weighted by atomic mass is 16.5. The maximum Gasteiger partial charge on any atom is 0.159 e. The molecule has 0 aliphatic heterocycles. The molecular formula is C7H13N3O. The average Bonchev–Trinajstić information content (AvgIpc) is 2.34. The van der Waals surface area contributed by atoms with Crippen LogP contribution in [0.4, 0.5) is 0 Å². The van der Waals surface area contributed by atoms with Crippen LogP contribution in [0, 0.1) is 0 Å². The Bertz CT molecular complexity index is 219. The molecule has 1 atom stereocenters. The Labute approximate surface area is 66.0 Å². The summed E-state index contributed by atoms with van der Waals surface area (Å²) < 4.78 is 6.98. The van der Waals surface area contributed by atoms with Crippen molar-refractivity contribution in [2.45, 2.75) is 26.6 Å². The molecule has 1 unspecified atom stereocenters. The molecule has 0 aliphatic rings. The Balaban J connectivity index is 2.58. The lowest BCUT2D eigenvalue weighted by atomic mass is 10.6. The van der Waals surface area contributed by atoms with Crippen molar-refractivity contribution in [1.29, 1.82) is 0 Å². The second-order valence-electron chi connectivity index (χ2n) is 2.35. The first kappa shape index (κ1) is 8.07. The number of nitrogens with two attached hydrogens (primary N) is 1. The van der Waals surface area contributed by atoms with E-state index in [9.17, 15) is 0 Å². The lowest BCUT2D eigenvalue weighted by Gasteiger charge is -2.04. The predicted molar refractivity (Wildman–Crippen MR) is 42.2 cm³/mol. The fourth-order valence-electron chi connectivity index (χ4n) is 0.793. The topological polar surface area (TPSA) is 53.1 Å². The Morgan fingerprint density at radius 1 is 1.82 bits per heavy atom. The average molecular weight is 155 g/mol. The summed E-state index contributed by atoms with van der Waals surface area (Å²) in [5, 5.41) is 4.02. The van der Waals surface area contributed by atoms with Crippen LogP contribution in [-0.2, 0) is 6.54 Å². The van der Waals surface area contributed by atoms with Gasteiger partial charge in [0.1, 0.15) is 6.23 Å². The van der Waals surface area contributed by atoms with Crippen LogP contribution in [0.3, 0.4) is 0 Å². The lowest BCUT2D eigenvalue weighted by Crippen LogP contribution is -2.22. The molecule has 1 aromatic rings. The lowest BCUT2D eigenvalue weighted by molar-refractivity contribution is 0.230. The molecule has 0 bridgehead atoms. The van der Waals surface area contributed by atoms with Crippen molar-refractivity contribution in [2.24, 2.45) is 5.73 Å². The Kier molecular flexibility index (Phi) is 2.48. The maximum absolute atomic E-state index is 5.42. The smallest absolute Gasteiger partial charge is 0.159 e. The number of hydrogen-bond donors (Lipinski definition) is 1. The van der Waals surface area contributed by atoms with Gasteiger partial charge < -0.3 is 4.74 Å². The molecule has 0 aliphatic carbocycles.